The number of dihydropyridines is 1. The van der Waals surface area contributed by atoms with E-state index >= 15 is 0 Å². The van der Waals surface area contributed by atoms with Crippen LogP contribution in [-0.2, 0) is 6.42 Å². The fraction of sp³-hybridized carbons (Fsp3) is 0.423. The lowest BCUT2D eigenvalue weighted by molar-refractivity contribution is 0.195. The van der Waals surface area contributed by atoms with Crippen molar-refractivity contribution in [3.63, 3.8) is 0 Å². The normalized spacial score (nSPS) is 23.4. The quantitative estimate of drug-likeness (QED) is 0.455. The van der Waals surface area contributed by atoms with Gasteiger partial charge in [0, 0.05) is 25.0 Å². The van der Waals surface area contributed by atoms with Gasteiger partial charge in [0.15, 0.2) is 0 Å². The topological polar surface area (TPSA) is 65.7 Å². The molecule has 4 N–H and O–H groups in total. The number of nitrogens with one attached hydrogen (secondary N) is 2. The zero-order valence-corrected chi connectivity index (χ0v) is 18.7. The lowest BCUT2D eigenvalue weighted by Crippen LogP contribution is -2.45. The molecule has 0 aromatic heterocycles. The van der Waals surface area contributed by atoms with Crippen molar-refractivity contribution in [2.45, 2.75) is 50.7 Å². The number of aryl methyl sites for hydroxylation is 1. The van der Waals surface area contributed by atoms with Crippen LogP contribution in [0.1, 0.15) is 43.2 Å². The monoisotopic (exact) mass is 433 g/mol. The van der Waals surface area contributed by atoms with Crippen molar-refractivity contribution in [2.24, 2.45) is 16.6 Å². The van der Waals surface area contributed by atoms with E-state index in [1.54, 1.807) is 19.3 Å². The van der Waals surface area contributed by atoms with E-state index in [1.165, 1.54) is 43.6 Å². The number of terminal acetylenes is 1. The molecule has 32 heavy (non-hydrogen) atoms. The number of nitrogens with zero attached hydrogens (tertiary/aromatic N) is 2. The molecule has 6 heteroatoms. The van der Waals surface area contributed by atoms with Crippen LogP contribution in [0.25, 0.3) is 5.57 Å². The Morgan fingerprint density at radius 3 is 2.88 bits per heavy atom. The molecular formula is C26H32FN5. The van der Waals surface area contributed by atoms with Crippen molar-refractivity contribution < 1.29 is 4.39 Å². The lowest BCUT2D eigenvalue weighted by atomic mass is 9.97. The summed E-state index contributed by atoms with van der Waals surface area (Å²) in [6.07, 6.45) is 19.9. The summed E-state index contributed by atoms with van der Waals surface area (Å²) in [4.78, 5) is 6.39. The van der Waals surface area contributed by atoms with Crippen LogP contribution in [0.2, 0.25) is 0 Å². The van der Waals surface area contributed by atoms with E-state index in [4.69, 9.17) is 12.2 Å². The van der Waals surface area contributed by atoms with Gasteiger partial charge in [0.05, 0.1) is 24.0 Å². The van der Waals surface area contributed by atoms with Crippen molar-refractivity contribution >= 4 is 11.8 Å². The Morgan fingerprint density at radius 1 is 1.34 bits per heavy atom. The molecule has 0 saturated heterocycles. The second kappa shape index (κ2) is 9.95. The highest BCUT2D eigenvalue weighted by Gasteiger charge is 2.39. The van der Waals surface area contributed by atoms with E-state index in [2.05, 4.69) is 32.5 Å². The number of benzene rings is 1. The van der Waals surface area contributed by atoms with E-state index in [-0.39, 0.29) is 18.0 Å². The molecule has 0 bridgehead atoms. The van der Waals surface area contributed by atoms with Gasteiger partial charge in [-0.25, -0.2) is 4.39 Å². The first kappa shape index (κ1) is 22.0. The first-order valence-corrected chi connectivity index (χ1v) is 11.4. The number of halogens is 1. The SMILES string of the molecule is C#CCN1C2=C(C=CNC2CCc2cc(F)cc(C(C=NC)=CN)c2)NC1C1CCCC1. The summed E-state index contributed by atoms with van der Waals surface area (Å²) in [6.45, 7) is 0.587. The molecule has 2 heterocycles. The third-order valence-electron chi connectivity index (χ3n) is 6.67. The lowest BCUT2D eigenvalue weighted by Gasteiger charge is -2.34. The highest BCUT2D eigenvalue weighted by Crippen LogP contribution is 2.37. The van der Waals surface area contributed by atoms with Crippen molar-refractivity contribution in [3.05, 3.63) is 65.0 Å². The van der Waals surface area contributed by atoms with Crippen molar-refractivity contribution in [1.82, 2.24) is 15.5 Å². The average molecular weight is 434 g/mol. The smallest absolute Gasteiger partial charge is 0.124 e. The van der Waals surface area contributed by atoms with Crippen LogP contribution in [0.5, 0.6) is 0 Å². The van der Waals surface area contributed by atoms with Gasteiger partial charge in [0.2, 0.25) is 0 Å². The third-order valence-corrected chi connectivity index (χ3v) is 6.67. The van der Waals surface area contributed by atoms with Gasteiger partial charge in [0.25, 0.3) is 0 Å². The molecule has 1 fully saturated rings. The van der Waals surface area contributed by atoms with Gasteiger partial charge in [-0.05, 0) is 67.1 Å². The molecule has 2 unspecified atom stereocenters. The number of rotatable bonds is 7. The highest BCUT2D eigenvalue weighted by atomic mass is 19.1. The predicted octanol–water partition coefficient (Wildman–Crippen LogP) is 3.51. The highest BCUT2D eigenvalue weighted by molar-refractivity contribution is 6.09. The Kier molecular flexibility index (Phi) is 6.84. The van der Waals surface area contributed by atoms with Crippen molar-refractivity contribution in [3.8, 4) is 12.3 Å². The van der Waals surface area contributed by atoms with E-state index < -0.39 is 0 Å². The Hall–Kier alpha value is -3.20. The Labute approximate surface area is 190 Å². The van der Waals surface area contributed by atoms with Crippen LogP contribution >= 0.6 is 0 Å². The number of allylic oxidation sites excluding steroid dienone is 2. The van der Waals surface area contributed by atoms with Gasteiger partial charge in [-0.1, -0.05) is 24.8 Å². The molecule has 2 atom stereocenters. The molecular weight excluding hydrogens is 401 g/mol. The Balaban J connectivity index is 1.52. The maximum absolute atomic E-state index is 14.3. The maximum Gasteiger partial charge on any atom is 0.124 e. The van der Waals surface area contributed by atoms with Crippen LogP contribution < -0.4 is 16.4 Å². The maximum atomic E-state index is 14.3. The first-order chi connectivity index (χ1) is 15.6. The molecule has 0 amide bonds. The zero-order chi connectivity index (χ0) is 22.5. The van der Waals surface area contributed by atoms with Gasteiger partial charge in [0.1, 0.15) is 12.0 Å². The number of nitrogens with two attached hydrogens (primary N) is 1. The van der Waals surface area contributed by atoms with Gasteiger partial charge in [-0.15, -0.1) is 6.42 Å². The fourth-order valence-corrected chi connectivity index (χ4v) is 5.24. The zero-order valence-electron chi connectivity index (χ0n) is 18.7. The molecule has 1 saturated carbocycles. The van der Waals surface area contributed by atoms with Crippen LogP contribution in [0.15, 0.2) is 53.1 Å². The Morgan fingerprint density at radius 2 is 2.16 bits per heavy atom. The van der Waals surface area contributed by atoms with E-state index in [9.17, 15) is 4.39 Å². The van der Waals surface area contributed by atoms with Gasteiger partial charge in [-0.2, -0.15) is 0 Å². The average Bonchev–Trinajstić information content (AvgIpc) is 3.44. The van der Waals surface area contributed by atoms with Gasteiger partial charge < -0.3 is 21.3 Å². The second-order valence-corrected chi connectivity index (χ2v) is 8.71. The third kappa shape index (κ3) is 4.52. The van der Waals surface area contributed by atoms with Crippen LogP contribution in [-0.4, -0.2) is 36.9 Å². The van der Waals surface area contributed by atoms with E-state index in [0.29, 0.717) is 18.0 Å². The fourth-order valence-electron chi connectivity index (χ4n) is 5.24. The van der Waals surface area contributed by atoms with Crippen molar-refractivity contribution in [1.29, 1.82) is 0 Å². The molecule has 4 rings (SSSR count). The van der Waals surface area contributed by atoms with Crippen LogP contribution in [0, 0.1) is 24.1 Å². The predicted molar refractivity (Wildman–Crippen MR) is 129 cm³/mol. The summed E-state index contributed by atoms with van der Waals surface area (Å²) in [7, 11) is 1.67. The summed E-state index contributed by atoms with van der Waals surface area (Å²) < 4.78 is 14.3. The largest absolute Gasteiger partial charge is 0.404 e. The minimum absolute atomic E-state index is 0.121. The molecule has 1 aromatic rings. The van der Waals surface area contributed by atoms with Gasteiger partial charge >= 0.3 is 0 Å². The molecule has 168 valence electrons. The van der Waals surface area contributed by atoms with Crippen molar-refractivity contribution in [2.75, 3.05) is 13.6 Å². The molecule has 5 nitrogen and oxygen atoms in total. The minimum atomic E-state index is -0.268. The number of hydrogen-bond acceptors (Lipinski definition) is 5. The first-order valence-electron chi connectivity index (χ1n) is 11.4. The molecule has 0 spiro atoms. The second-order valence-electron chi connectivity index (χ2n) is 8.71. The van der Waals surface area contributed by atoms with E-state index in [0.717, 1.165) is 29.7 Å². The molecule has 0 radical (unpaired) electrons. The molecule has 3 aliphatic rings. The molecule has 2 aliphatic heterocycles. The van der Waals surface area contributed by atoms with Crippen LogP contribution in [0.3, 0.4) is 0 Å². The van der Waals surface area contributed by atoms with Crippen LogP contribution in [0.4, 0.5) is 4.39 Å². The number of hydrogen-bond donors (Lipinski definition) is 3. The Bertz CT molecular complexity index is 994. The minimum Gasteiger partial charge on any atom is -0.404 e. The summed E-state index contributed by atoms with van der Waals surface area (Å²) in [6, 6.07) is 5.21. The molecule has 1 aromatic carbocycles. The summed E-state index contributed by atoms with van der Waals surface area (Å²) in [5.41, 5.74) is 10.5. The molecule has 1 aliphatic carbocycles. The number of aliphatic imine (C=N–C) groups is 1. The summed E-state index contributed by atoms with van der Waals surface area (Å²) in [5, 5.41) is 7.25. The summed E-state index contributed by atoms with van der Waals surface area (Å²) in [5.74, 6) is 3.21. The summed E-state index contributed by atoms with van der Waals surface area (Å²) >= 11 is 0. The van der Waals surface area contributed by atoms with Gasteiger partial charge in [-0.3, -0.25) is 4.99 Å². The standard InChI is InChI=1S/C26H32FN5/c1-3-12-32-25-23(30-11-10-24(25)31-26(32)19-6-4-5-7-19)9-8-18-13-20(15-22(27)14-18)21(16-28)17-29-2/h1,10-11,13-17,19,23,26,30-31H,4-9,12,28H2,2H3. The van der Waals surface area contributed by atoms with E-state index in [1.807, 2.05) is 12.3 Å².